The van der Waals surface area contributed by atoms with Gasteiger partial charge < -0.3 is 4.90 Å². The Morgan fingerprint density at radius 2 is 1.69 bits per heavy atom. The van der Waals surface area contributed by atoms with Crippen molar-refractivity contribution < 1.29 is 19.2 Å². The number of likely N-dealkylation sites (N-methyl/N-ethyl adjacent to an activating group) is 1. The molecule has 1 aromatic carbocycles. The molecule has 5 amide bonds. The molecule has 0 bridgehead atoms. The number of benzene rings is 1. The van der Waals surface area contributed by atoms with E-state index in [-0.39, 0.29) is 12.5 Å². The normalized spacial score (nSPS) is 14.6. The van der Waals surface area contributed by atoms with Gasteiger partial charge in [-0.25, -0.2) is 9.69 Å². The highest BCUT2D eigenvalue weighted by Gasteiger charge is 2.45. The summed E-state index contributed by atoms with van der Waals surface area (Å²) in [6.07, 6.45) is 0. The average Bonchev–Trinajstić information content (AvgIpc) is 2.74. The molecule has 2 rings (SSSR count). The van der Waals surface area contributed by atoms with Gasteiger partial charge in [0.15, 0.2) is 0 Å². The van der Waals surface area contributed by atoms with E-state index in [0.29, 0.717) is 6.54 Å². The summed E-state index contributed by atoms with van der Waals surface area (Å²) in [6.45, 7) is 7.75. The maximum atomic E-state index is 12.5. The van der Waals surface area contributed by atoms with Crippen LogP contribution in [0.5, 0.6) is 0 Å². The van der Waals surface area contributed by atoms with Crippen molar-refractivity contribution >= 4 is 23.8 Å². The van der Waals surface area contributed by atoms with Gasteiger partial charge in [-0.15, -0.1) is 0 Å². The van der Waals surface area contributed by atoms with Crippen molar-refractivity contribution in [1.29, 1.82) is 0 Å². The smallest absolute Gasteiger partial charge is 0.334 e. The summed E-state index contributed by atoms with van der Waals surface area (Å²) in [5.41, 5.74) is 3.19. The number of aryl methyl sites for hydroxylation is 2. The van der Waals surface area contributed by atoms with Gasteiger partial charge in [-0.1, -0.05) is 37.6 Å². The minimum absolute atomic E-state index is 0.0403. The Labute approximate surface area is 153 Å². The Balaban J connectivity index is 2.05. The largest absolute Gasteiger partial charge is 0.340 e. The van der Waals surface area contributed by atoms with E-state index < -0.39 is 30.3 Å². The Hall–Kier alpha value is -2.70. The lowest BCUT2D eigenvalue weighted by atomic mass is 10.1. The first-order valence-corrected chi connectivity index (χ1v) is 8.59. The van der Waals surface area contributed by atoms with Crippen molar-refractivity contribution in [2.45, 2.75) is 34.2 Å². The quantitative estimate of drug-likeness (QED) is 0.572. The highest BCUT2D eigenvalue weighted by atomic mass is 16.2. The molecule has 1 aliphatic heterocycles. The van der Waals surface area contributed by atoms with Gasteiger partial charge in [0, 0.05) is 20.1 Å². The summed E-state index contributed by atoms with van der Waals surface area (Å²) in [5.74, 6) is -2.16. The maximum Gasteiger partial charge on any atom is 0.334 e. The molecule has 1 saturated heterocycles. The zero-order chi connectivity index (χ0) is 19.6. The van der Waals surface area contributed by atoms with E-state index in [1.54, 1.807) is 7.05 Å². The predicted molar refractivity (Wildman–Crippen MR) is 96.1 cm³/mol. The summed E-state index contributed by atoms with van der Waals surface area (Å²) in [5, 5.41) is 0. The number of rotatable bonds is 6. The van der Waals surface area contributed by atoms with Gasteiger partial charge in [0.05, 0.1) is 0 Å². The number of carbonyl (C=O) groups excluding carboxylic acids is 4. The second kappa shape index (κ2) is 7.68. The molecule has 0 N–H and O–H groups in total. The van der Waals surface area contributed by atoms with E-state index in [9.17, 15) is 19.2 Å². The van der Waals surface area contributed by atoms with E-state index in [1.165, 1.54) is 4.90 Å². The first-order chi connectivity index (χ1) is 12.1. The molecule has 7 nitrogen and oxygen atoms in total. The van der Waals surface area contributed by atoms with Crippen LogP contribution in [-0.4, -0.2) is 58.6 Å². The fourth-order valence-corrected chi connectivity index (χ4v) is 2.84. The molecule has 0 radical (unpaired) electrons. The molecule has 1 aliphatic rings. The summed E-state index contributed by atoms with van der Waals surface area (Å²) >= 11 is 0. The zero-order valence-corrected chi connectivity index (χ0v) is 15.9. The molecule has 1 fully saturated rings. The highest BCUT2D eigenvalue weighted by Crippen LogP contribution is 2.16. The molecular formula is C19H25N3O4. The number of hydrogen-bond donors (Lipinski definition) is 0. The van der Waals surface area contributed by atoms with Crippen LogP contribution < -0.4 is 0 Å². The van der Waals surface area contributed by atoms with Gasteiger partial charge in [0.1, 0.15) is 6.54 Å². The van der Waals surface area contributed by atoms with Crippen molar-refractivity contribution in [2.24, 2.45) is 5.92 Å². The third kappa shape index (κ3) is 4.09. The monoisotopic (exact) mass is 359 g/mol. The first kappa shape index (κ1) is 19.6. The van der Waals surface area contributed by atoms with E-state index in [4.69, 9.17) is 0 Å². The molecule has 0 atom stereocenters. The van der Waals surface area contributed by atoms with Crippen molar-refractivity contribution in [2.75, 3.05) is 20.1 Å². The number of urea groups is 1. The van der Waals surface area contributed by atoms with Crippen LogP contribution in [-0.2, 0) is 20.9 Å². The van der Waals surface area contributed by atoms with Crippen LogP contribution in [0.4, 0.5) is 4.79 Å². The molecule has 0 saturated carbocycles. The van der Waals surface area contributed by atoms with Crippen LogP contribution in [0, 0.1) is 19.8 Å². The summed E-state index contributed by atoms with van der Waals surface area (Å²) < 4.78 is 0. The van der Waals surface area contributed by atoms with E-state index >= 15 is 0 Å². The third-order valence-electron chi connectivity index (χ3n) is 4.31. The minimum Gasteiger partial charge on any atom is -0.340 e. The Bertz CT molecular complexity index is 757. The standard InChI is InChI=1S/C19H25N3O4/c1-12(2)9-21-17(24)18(25)22(19(21)26)11-16(23)20(5)10-15-7-6-13(3)8-14(15)4/h6-8,12H,9-11H2,1-5H3. The molecule has 0 aliphatic carbocycles. The number of imide groups is 2. The van der Waals surface area contributed by atoms with Crippen molar-refractivity contribution in [3.8, 4) is 0 Å². The summed E-state index contributed by atoms with van der Waals surface area (Å²) in [7, 11) is 1.61. The molecule has 1 heterocycles. The van der Waals surface area contributed by atoms with Crippen LogP contribution in [0.25, 0.3) is 0 Å². The lowest BCUT2D eigenvalue weighted by Gasteiger charge is -2.22. The Morgan fingerprint density at radius 3 is 2.27 bits per heavy atom. The second-order valence-electron chi connectivity index (χ2n) is 7.16. The maximum absolute atomic E-state index is 12.5. The Kier molecular flexibility index (Phi) is 5.79. The lowest BCUT2D eigenvalue weighted by molar-refractivity contribution is -0.144. The molecule has 26 heavy (non-hydrogen) atoms. The van der Waals surface area contributed by atoms with Crippen molar-refractivity contribution in [3.05, 3.63) is 34.9 Å². The number of carbonyl (C=O) groups is 4. The molecule has 1 aromatic rings. The van der Waals surface area contributed by atoms with Crippen LogP contribution in [0.3, 0.4) is 0 Å². The lowest BCUT2D eigenvalue weighted by Crippen LogP contribution is -2.42. The predicted octanol–water partition coefficient (Wildman–Crippen LogP) is 1.71. The fraction of sp³-hybridized carbons (Fsp3) is 0.474. The summed E-state index contributed by atoms with van der Waals surface area (Å²) in [4.78, 5) is 51.9. The molecule has 7 heteroatoms. The molecule has 0 spiro atoms. The number of amides is 5. The van der Waals surface area contributed by atoms with E-state index in [1.807, 2.05) is 45.9 Å². The second-order valence-corrected chi connectivity index (χ2v) is 7.16. The minimum atomic E-state index is -0.941. The fourth-order valence-electron chi connectivity index (χ4n) is 2.84. The topological polar surface area (TPSA) is 78.0 Å². The summed E-state index contributed by atoms with van der Waals surface area (Å²) in [6, 6.07) is 5.23. The van der Waals surface area contributed by atoms with Crippen molar-refractivity contribution in [3.63, 3.8) is 0 Å². The van der Waals surface area contributed by atoms with Crippen LogP contribution >= 0.6 is 0 Å². The van der Waals surface area contributed by atoms with Crippen molar-refractivity contribution in [1.82, 2.24) is 14.7 Å². The highest BCUT2D eigenvalue weighted by molar-refractivity contribution is 6.45. The van der Waals surface area contributed by atoms with Gasteiger partial charge >= 0.3 is 17.8 Å². The number of hydrogen-bond acceptors (Lipinski definition) is 4. The van der Waals surface area contributed by atoms with Gasteiger partial charge in [0.25, 0.3) is 0 Å². The number of nitrogens with zero attached hydrogens (tertiary/aromatic N) is 3. The zero-order valence-electron chi connectivity index (χ0n) is 15.9. The SMILES string of the molecule is Cc1ccc(CN(C)C(=O)CN2C(=O)C(=O)N(CC(C)C)C2=O)c(C)c1. The first-order valence-electron chi connectivity index (χ1n) is 8.59. The van der Waals surface area contributed by atoms with E-state index in [2.05, 4.69) is 0 Å². The van der Waals surface area contributed by atoms with Gasteiger partial charge in [-0.05, 0) is 30.9 Å². The molecule has 0 aromatic heterocycles. The van der Waals surface area contributed by atoms with E-state index in [0.717, 1.165) is 26.5 Å². The van der Waals surface area contributed by atoms with Gasteiger partial charge in [-0.2, -0.15) is 0 Å². The van der Waals surface area contributed by atoms with Crippen LogP contribution in [0.2, 0.25) is 0 Å². The third-order valence-corrected chi connectivity index (χ3v) is 4.31. The van der Waals surface area contributed by atoms with Gasteiger partial charge in [0.2, 0.25) is 5.91 Å². The Morgan fingerprint density at radius 1 is 1.08 bits per heavy atom. The van der Waals surface area contributed by atoms with Crippen LogP contribution in [0.1, 0.15) is 30.5 Å². The van der Waals surface area contributed by atoms with Gasteiger partial charge in [-0.3, -0.25) is 19.3 Å². The molecule has 140 valence electrons. The molecular weight excluding hydrogens is 334 g/mol. The average molecular weight is 359 g/mol. The molecule has 0 unspecified atom stereocenters. The van der Waals surface area contributed by atoms with Crippen LogP contribution in [0.15, 0.2) is 18.2 Å².